The van der Waals surface area contributed by atoms with Crippen LogP contribution >= 0.6 is 23.6 Å². The van der Waals surface area contributed by atoms with E-state index in [-0.39, 0.29) is 0 Å². The molecule has 0 bridgehead atoms. The van der Waals surface area contributed by atoms with Gasteiger partial charge in [0, 0.05) is 17.3 Å². The van der Waals surface area contributed by atoms with Gasteiger partial charge in [-0.25, -0.2) is 4.98 Å². The number of aryl methyl sites for hydroxylation is 1. The zero-order valence-corrected chi connectivity index (χ0v) is 10.8. The summed E-state index contributed by atoms with van der Waals surface area (Å²) in [5.41, 5.74) is 2.03. The number of hydrogen-bond donors (Lipinski definition) is 1. The fourth-order valence-electron chi connectivity index (χ4n) is 1.78. The van der Waals surface area contributed by atoms with Crippen molar-refractivity contribution in [3.63, 3.8) is 0 Å². The molecule has 3 aromatic rings. The Morgan fingerprint density at radius 1 is 1.47 bits per heavy atom. The number of aromatic amines is 1. The smallest absolute Gasteiger partial charge is 0.178 e. The Bertz CT molecular complexity index is 722. The second kappa shape index (κ2) is 4.05. The van der Waals surface area contributed by atoms with Gasteiger partial charge in [-0.15, -0.1) is 11.3 Å². The fraction of sp³-hybridized carbons (Fsp3) is 0.182. The van der Waals surface area contributed by atoms with Gasteiger partial charge in [0.25, 0.3) is 0 Å². The summed E-state index contributed by atoms with van der Waals surface area (Å²) in [6, 6.07) is 1.96. The van der Waals surface area contributed by atoms with E-state index in [1.54, 1.807) is 23.7 Å². The van der Waals surface area contributed by atoms with Crippen molar-refractivity contribution >= 4 is 34.6 Å². The number of imidazole rings is 1. The van der Waals surface area contributed by atoms with Gasteiger partial charge in [-0.2, -0.15) is 0 Å². The summed E-state index contributed by atoms with van der Waals surface area (Å²) in [5, 5.41) is 1.07. The van der Waals surface area contributed by atoms with E-state index in [9.17, 15) is 0 Å². The first kappa shape index (κ1) is 10.6. The van der Waals surface area contributed by atoms with Crippen molar-refractivity contribution in [2.75, 3.05) is 0 Å². The molecule has 0 aliphatic carbocycles. The minimum Gasteiger partial charge on any atom is -0.329 e. The molecule has 0 aliphatic heterocycles. The van der Waals surface area contributed by atoms with Gasteiger partial charge in [-0.05, 0) is 25.2 Å². The topological polar surface area (TPSA) is 46.5 Å². The van der Waals surface area contributed by atoms with E-state index in [0.717, 1.165) is 16.0 Å². The van der Waals surface area contributed by atoms with E-state index in [2.05, 4.69) is 21.9 Å². The Morgan fingerprint density at radius 2 is 2.35 bits per heavy atom. The summed E-state index contributed by atoms with van der Waals surface area (Å²) in [6.45, 7) is 2.76. The van der Waals surface area contributed by atoms with Crippen LogP contribution in [-0.2, 0) is 6.54 Å². The molecule has 0 fully saturated rings. The van der Waals surface area contributed by atoms with Crippen LogP contribution in [0.25, 0.3) is 11.0 Å². The highest BCUT2D eigenvalue weighted by Gasteiger charge is 2.06. The third-order valence-electron chi connectivity index (χ3n) is 2.54. The minimum atomic E-state index is 0.709. The van der Waals surface area contributed by atoms with E-state index in [1.807, 2.05) is 16.8 Å². The van der Waals surface area contributed by atoms with Crippen LogP contribution in [0.1, 0.15) is 9.88 Å². The van der Waals surface area contributed by atoms with Crippen molar-refractivity contribution in [2.24, 2.45) is 0 Å². The summed E-state index contributed by atoms with van der Waals surface area (Å²) in [7, 11) is 0. The summed E-state index contributed by atoms with van der Waals surface area (Å²) >= 11 is 7.01. The average molecular weight is 262 g/mol. The lowest BCUT2D eigenvalue weighted by Gasteiger charge is -2.00. The van der Waals surface area contributed by atoms with Gasteiger partial charge in [-0.3, -0.25) is 4.98 Å². The standard InChI is InChI=1S/C11H10N4S2/c1-7-4-13-10(17-7)6-15-9-2-3-12-5-8(9)14-11(15)16/h2-5H,6H2,1H3,(H,14,16). The molecular weight excluding hydrogens is 252 g/mol. The van der Waals surface area contributed by atoms with Gasteiger partial charge in [-0.1, -0.05) is 0 Å². The first-order valence-corrected chi connectivity index (χ1v) is 6.40. The molecular formula is C11H10N4S2. The van der Waals surface area contributed by atoms with Crippen molar-refractivity contribution in [2.45, 2.75) is 13.5 Å². The SMILES string of the molecule is Cc1cnc(Cn2c(=S)[nH]c3cnccc32)s1. The molecule has 0 saturated carbocycles. The third kappa shape index (κ3) is 1.89. The highest BCUT2D eigenvalue weighted by molar-refractivity contribution is 7.71. The molecule has 3 aromatic heterocycles. The second-order valence-corrected chi connectivity index (χ2v) is 5.48. The lowest BCUT2D eigenvalue weighted by molar-refractivity contribution is 0.803. The number of rotatable bonds is 2. The van der Waals surface area contributed by atoms with Crippen LogP contribution < -0.4 is 0 Å². The van der Waals surface area contributed by atoms with Gasteiger partial charge in [0.05, 0.1) is 23.8 Å². The monoisotopic (exact) mass is 262 g/mol. The zero-order valence-electron chi connectivity index (χ0n) is 9.17. The highest BCUT2D eigenvalue weighted by Crippen LogP contribution is 2.17. The van der Waals surface area contributed by atoms with E-state index >= 15 is 0 Å². The van der Waals surface area contributed by atoms with Crippen LogP contribution in [0.15, 0.2) is 24.7 Å². The first-order chi connectivity index (χ1) is 8.24. The molecule has 6 heteroatoms. The predicted molar refractivity (Wildman–Crippen MR) is 70.9 cm³/mol. The number of nitrogens with one attached hydrogen (secondary N) is 1. The molecule has 0 atom stereocenters. The maximum atomic E-state index is 5.32. The average Bonchev–Trinajstić information content (AvgIpc) is 2.85. The van der Waals surface area contributed by atoms with Gasteiger partial charge >= 0.3 is 0 Å². The number of aromatic nitrogens is 4. The van der Waals surface area contributed by atoms with Crippen LogP contribution in [-0.4, -0.2) is 19.5 Å². The Hall–Kier alpha value is -1.53. The maximum Gasteiger partial charge on any atom is 0.178 e. The van der Waals surface area contributed by atoms with Crippen molar-refractivity contribution in [3.05, 3.63) is 39.3 Å². The molecule has 4 nitrogen and oxygen atoms in total. The van der Waals surface area contributed by atoms with E-state index in [1.165, 1.54) is 4.88 Å². The van der Waals surface area contributed by atoms with E-state index in [4.69, 9.17) is 12.2 Å². The Balaban J connectivity index is 2.11. The number of H-pyrrole nitrogens is 1. The lowest BCUT2D eigenvalue weighted by atomic mass is 10.4. The Kier molecular flexibility index (Phi) is 2.53. The quantitative estimate of drug-likeness (QED) is 0.722. The maximum absolute atomic E-state index is 5.32. The molecule has 0 unspecified atom stereocenters. The normalized spacial score (nSPS) is 11.1. The van der Waals surface area contributed by atoms with Crippen molar-refractivity contribution in [3.8, 4) is 0 Å². The largest absolute Gasteiger partial charge is 0.329 e. The number of nitrogens with zero attached hydrogens (tertiary/aromatic N) is 3. The van der Waals surface area contributed by atoms with Crippen molar-refractivity contribution < 1.29 is 0 Å². The molecule has 0 aliphatic rings. The number of hydrogen-bond acceptors (Lipinski definition) is 4. The fourth-order valence-corrected chi connectivity index (χ4v) is 2.83. The number of pyridine rings is 1. The molecule has 3 heterocycles. The van der Waals surface area contributed by atoms with Gasteiger partial charge < -0.3 is 9.55 Å². The number of thiazole rings is 1. The van der Waals surface area contributed by atoms with Crippen molar-refractivity contribution in [1.29, 1.82) is 0 Å². The van der Waals surface area contributed by atoms with Gasteiger partial charge in [0.15, 0.2) is 4.77 Å². The highest BCUT2D eigenvalue weighted by atomic mass is 32.1. The lowest BCUT2D eigenvalue weighted by Crippen LogP contribution is -1.98. The summed E-state index contributed by atoms with van der Waals surface area (Å²) in [6.07, 6.45) is 5.45. The summed E-state index contributed by atoms with van der Waals surface area (Å²) in [4.78, 5) is 12.8. The van der Waals surface area contributed by atoms with Crippen molar-refractivity contribution in [1.82, 2.24) is 19.5 Å². The Morgan fingerprint density at radius 3 is 3.12 bits per heavy atom. The number of fused-ring (bicyclic) bond motifs is 1. The van der Waals surface area contributed by atoms with Crippen LogP contribution in [0.4, 0.5) is 0 Å². The van der Waals surface area contributed by atoms with E-state index in [0.29, 0.717) is 11.3 Å². The van der Waals surface area contributed by atoms with Crippen LogP contribution in [0.2, 0.25) is 0 Å². The van der Waals surface area contributed by atoms with Crippen LogP contribution in [0.5, 0.6) is 0 Å². The minimum absolute atomic E-state index is 0.709. The molecule has 0 spiro atoms. The zero-order chi connectivity index (χ0) is 11.8. The third-order valence-corrected chi connectivity index (χ3v) is 3.76. The molecule has 0 amide bonds. The predicted octanol–water partition coefficient (Wildman–Crippen LogP) is 2.91. The van der Waals surface area contributed by atoms with Crippen LogP contribution in [0.3, 0.4) is 0 Å². The summed E-state index contributed by atoms with van der Waals surface area (Å²) in [5.74, 6) is 0. The Labute approximate surface area is 107 Å². The van der Waals surface area contributed by atoms with Gasteiger partial charge in [0.1, 0.15) is 5.01 Å². The molecule has 1 N–H and O–H groups in total. The first-order valence-electron chi connectivity index (χ1n) is 5.18. The molecule has 0 aromatic carbocycles. The molecule has 0 saturated heterocycles. The molecule has 3 rings (SSSR count). The molecule has 86 valence electrons. The van der Waals surface area contributed by atoms with Gasteiger partial charge in [0.2, 0.25) is 0 Å². The second-order valence-electron chi connectivity index (χ2n) is 3.77. The van der Waals surface area contributed by atoms with Crippen LogP contribution in [0, 0.1) is 11.7 Å². The summed E-state index contributed by atoms with van der Waals surface area (Å²) < 4.78 is 2.76. The molecule has 17 heavy (non-hydrogen) atoms. The van der Waals surface area contributed by atoms with E-state index < -0.39 is 0 Å². The molecule has 0 radical (unpaired) electrons.